The van der Waals surface area contributed by atoms with Gasteiger partial charge in [-0.15, -0.1) is 0 Å². The lowest BCUT2D eigenvalue weighted by atomic mass is 9.85. The molecule has 1 saturated carbocycles. The highest BCUT2D eigenvalue weighted by Gasteiger charge is 2.42. The second-order valence-corrected chi connectivity index (χ2v) is 7.06. The van der Waals surface area contributed by atoms with Crippen LogP contribution in [0.3, 0.4) is 0 Å². The number of halogens is 3. The summed E-state index contributed by atoms with van der Waals surface area (Å²) in [5.74, 6) is -0.564. The number of likely N-dealkylation sites (tertiary alicyclic amines) is 1. The minimum absolute atomic E-state index is 0.0363. The predicted molar refractivity (Wildman–Crippen MR) is 79.2 cm³/mol. The summed E-state index contributed by atoms with van der Waals surface area (Å²) in [5, 5.41) is 3.44. The Morgan fingerprint density at radius 2 is 1.76 bits per heavy atom. The molecule has 1 heterocycles. The van der Waals surface area contributed by atoms with Crippen molar-refractivity contribution in [2.24, 2.45) is 11.8 Å². The molecule has 0 spiro atoms. The molecule has 3 unspecified atom stereocenters. The molecule has 2 fully saturated rings. The molecule has 0 amide bonds. The van der Waals surface area contributed by atoms with Crippen molar-refractivity contribution in [2.75, 3.05) is 19.6 Å². The first kappa shape index (κ1) is 17.1. The Morgan fingerprint density at radius 3 is 2.33 bits per heavy atom. The van der Waals surface area contributed by atoms with Crippen molar-refractivity contribution in [3.63, 3.8) is 0 Å². The summed E-state index contributed by atoms with van der Waals surface area (Å²) in [6.45, 7) is 7.53. The zero-order valence-electron chi connectivity index (χ0n) is 13.3. The second-order valence-electron chi connectivity index (χ2n) is 7.06. The fourth-order valence-electron chi connectivity index (χ4n) is 3.82. The lowest BCUT2D eigenvalue weighted by molar-refractivity contribution is -0.183. The molecular weight excluding hydrogens is 277 g/mol. The van der Waals surface area contributed by atoms with Crippen molar-refractivity contribution in [1.82, 2.24) is 10.2 Å². The summed E-state index contributed by atoms with van der Waals surface area (Å²) in [5.41, 5.74) is 0. The Bertz CT molecular complexity index is 311. The van der Waals surface area contributed by atoms with Gasteiger partial charge in [0.2, 0.25) is 0 Å². The zero-order valence-corrected chi connectivity index (χ0v) is 13.3. The molecule has 1 aliphatic carbocycles. The highest BCUT2D eigenvalue weighted by Crippen LogP contribution is 2.37. The van der Waals surface area contributed by atoms with E-state index < -0.39 is 12.1 Å². The van der Waals surface area contributed by atoms with Gasteiger partial charge in [0.15, 0.2) is 0 Å². The average Bonchev–Trinajstić information content (AvgIpc) is 2.92. The average molecular weight is 306 g/mol. The highest BCUT2D eigenvalue weighted by molar-refractivity contribution is 4.86. The number of hydrogen-bond acceptors (Lipinski definition) is 2. The third-order valence-electron chi connectivity index (χ3n) is 5.13. The molecular formula is C16H29F3N2. The summed E-state index contributed by atoms with van der Waals surface area (Å²) in [7, 11) is 0. The van der Waals surface area contributed by atoms with Crippen LogP contribution >= 0.6 is 0 Å². The van der Waals surface area contributed by atoms with Crippen LogP contribution in [-0.2, 0) is 0 Å². The van der Waals surface area contributed by atoms with Crippen LogP contribution in [0, 0.1) is 11.8 Å². The van der Waals surface area contributed by atoms with Crippen LogP contribution in [0.15, 0.2) is 0 Å². The molecule has 1 saturated heterocycles. The van der Waals surface area contributed by atoms with E-state index in [1.807, 2.05) is 0 Å². The largest absolute Gasteiger partial charge is 0.391 e. The fourth-order valence-corrected chi connectivity index (χ4v) is 3.82. The van der Waals surface area contributed by atoms with Gasteiger partial charge in [0, 0.05) is 18.6 Å². The summed E-state index contributed by atoms with van der Waals surface area (Å²) < 4.78 is 38.6. The Balaban J connectivity index is 1.82. The monoisotopic (exact) mass is 306 g/mol. The number of nitrogens with zero attached hydrogens (tertiary/aromatic N) is 1. The lowest BCUT2D eigenvalue weighted by Crippen LogP contribution is -2.48. The van der Waals surface area contributed by atoms with Crippen molar-refractivity contribution >= 4 is 0 Å². The molecule has 0 aromatic carbocycles. The van der Waals surface area contributed by atoms with Crippen molar-refractivity contribution in [2.45, 2.75) is 70.6 Å². The smallest absolute Gasteiger partial charge is 0.312 e. The molecule has 0 bridgehead atoms. The molecule has 21 heavy (non-hydrogen) atoms. The minimum Gasteiger partial charge on any atom is -0.312 e. The van der Waals surface area contributed by atoms with Crippen LogP contribution in [-0.4, -0.2) is 42.8 Å². The standard InChI is InChI=1S/C16H29F3N2/c1-12(2)15(21-8-3-4-9-21)11-20-14-7-5-6-13(10-14)16(17,18)19/h12-15,20H,3-11H2,1-2H3. The van der Waals surface area contributed by atoms with Gasteiger partial charge in [0.25, 0.3) is 0 Å². The zero-order chi connectivity index (χ0) is 15.5. The van der Waals surface area contributed by atoms with Crippen LogP contribution in [0.4, 0.5) is 13.2 Å². The lowest BCUT2D eigenvalue weighted by Gasteiger charge is -2.35. The minimum atomic E-state index is -4.02. The third kappa shape index (κ3) is 4.85. The van der Waals surface area contributed by atoms with Crippen LogP contribution in [0.1, 0.15) is 52.4 Å². The van der Waals surface area contributed by atoms with Crippen LogP contribution < -0.4 is 5.32 Å². The number of hydrogen-bond donors (Lipinski definition) is 1. The van der Waals surface area contributed by atoms with Gasteiger partial charge in [0.1, 0.15) is 0 Å². The first-order valence-electron chi connectivity index (χ1n) is 8.42. The highest BCUT2D eigenvalue weighted by atomic mass is 19.4. The molecule has 0 radical (unpaired) electrons. The Hall–Kier alpha value is -0.290. The van der Waals surface area contributed by atoms with Crippen molar-refractivity contribution in [1.29, 1.82) is 0 Å². The van der Waals surface area contributed by atoms with Crippen LogP contribution in [0.2, 0.25) is 0 Å². The molecule has 124 valence electrons. The Labute approximate surface area is 126 Å². The Kier molecular flexibility index (Phi) is 5.95. The van der Waals surface area contributed by atoms with Crippen LogP contribution in [0.5, 0.6) is 0 Å². The molecule has 2 nitrogen and oxygen atoms in total. The normalized spacial score (nSPS) is 30.0. The number of alkyl halides is 3. The van der Waals surface area contributed by atoms with E-state index in [0.29, 0.717) is 24.8 Å². The van der Waals surface area contributed by atoms with Crippen LogP contribution in [0.25, 0.3) is 0 Å². The van der Waals surface area contributed by atoms with Crippen molar-refractivity contribution < 1.29 is 13.2 Å². The van der Waals surface area contributed by atoms with Gasteiger partial charge in [0.05, 0.1) is 5.92 Å². The van der Waals surface area contributed by atoms with E-state index in [1.54, 1.807) is 0 Å². The van der Waals surface area contributed by atoms with Gasteiger partial charge < -0.3 is 5.32 Å². The van der Waals surface area contributed by atoms with E-state index in [4.69, 9.17) is 0 Å². The van der Waals surface area contributed by atoms with Gasteiger partial charge in [-0.05, 0) is 51.1 Å². The van der Waals surface area contributed by atoms with E-state index >= 15 is 0 Å². The summed E-state index contributed by atoms with van der Waals surface area (Å²) in [6, 6.07) is 0.494. The van der Waals surface area contributed by atoms with E-state index in [9.17, 15) is 13.2 Å². The van der Waals surface area contributed by atoms with E-state index in [1.165, 1.54) is 12.8 Å². The summed E-state index contributed by atoms with van der Waals surface area (Å²) >= 11 is 0. The molecule has 0 aromatic heterocycles. The molecule has 2 rings (SSSR count). The van der Waals surface area contributed by atoms with Gasteiger partial charge in [-0.3, -0.25) is 4.90 Å². The summed E-state index contributed by atoms with van der Waals surface area (Å²) in [6.07, 6.45) is 0.628. The maximum Gasteiger partial charge on any atom is 0.391 e. The first-order valence-corrected chi connectivity index (χ1v) is 8.42. The van der Waals surface area contributed by atoms with Gasteiger partial charge in [-0.2, -0.15) is 13.2 Å². The second kappa shape index (κ2) is 7.32. The maximum atomic E-state index is 12.9. The maximum absolute atomic E-state index is 12.9. The molecule has 3 atom stereocenters. The third-order valence-corrected chi connectivity index (χ3v) is 5.13. The molecule has 2 aliphatic rings. The molecule has 1 aliphatic heterocycles. The first-order chi connectivity index (χ1) is 9.88. The van der Waals surface area contributed by atoms with E-state index in [-0.39, 0.29) is 12.5 Å². The SMILES string of the molecule is CC(C)C(CNC1CCCC(C(F)(F)F)C1)N1CCCC1. The van der Waals surface area contributed by atoms with E-state index in [0.717, 1.165) is 26.1 Å². The topological polar surface area (TPSA) is 15.3 Å². The number of nitrogens with one attached hydrogen (secondary N) is 1. The summed E-state index contributed by atoms with van der Waals surface area (Å²) in [4.78, 5) is 2.50. The van der Waals surface area contributed by atoms with Gasteiger partial charge in [-0.1, -0.05) is 20.3 Å². The van der Waals surface area contributed by atoms with Crippen molar-refractivity contribution in [3.8, 4) is 0 Å². The van der Waals surface area contributed by atoms with Gasteiger partial charge >= 0.3 is 6.18 Å². The van der Waals surface area contributed by atoms with Gasteiger partial charge in [-0.25, -0.2) is 0 Å². The number of rotatable bonds is 5. The van der Waals surface area contributed by atoms with E-state index in [2.05, 4.69) is 24.1 Å². The Morgan fingerprint density at radius 1 is 1.10 bits per heavy atom. The van der Waals surface area contributed by atoms with Crippen molar-refractivity contribution in [3.05, 3.63) is 0 Å². The molecule has 1 N–H and O–H groups in total. The predicted octanol–water partition coefficient (Wildman–Crippen LogP) is 3.82. The molecule has 5 heteroatoms. The quantitative estimate of drug-likeness (QED) is 0.831. The fraction of sp³-hybridized carbons (Fsp3) is 1.00. The molecule has 0 aromatic rings.